The molecule has 4 heterocycles. The Hall–Kier alpha value is -1.68. The molecule has 8 nitrogen and oxygen atoms in total. The summed E-state index contributed by atoms with van der Waals surface area (Å²) < 4.78 is 23.7. The summed E-state index contributed by atoms with van der Waals surface area (Å²) in [6, 6.07) is 7.50. The van der Waals surface area contributed by atoms with Gasteiger partial charge in [-0.25, -0.2) is 9.97 Å². The van der Waals surface area contributed by atoms with E-state index >= 15 is 0 Å². The van der Waals surface area contributed by atoms with Crippen molar-refractivity contribution in [1.82, 2.24) is 9.97 Å². The zero-order valence-corrected chi connectivity index (χ0v) is 23.4. The maximum absolute atomic E-state index is 5.94. The summed E-state index contributed by atoms with van der Waals surface area (Å²) in [7, 11) is 2.64. The molecule has 2 fully saturated rings. The first-order chi connectivity index (χ1) is 16.2. The highest BCUT2D eigenvalue weighted by molar-refractivity contribution is 6.62. The average molecular weight is 505 g/mol. The van der Waals surface area contributed by atoms with E-state index in [0.717, 1.165) is 16.7 Å². The third kappa shape index (κ3) is 6.76. The van der Waals surface area contributed by atoms with Crippen LogP contribution in [-0.4, -0.2) is 60.7 Å². The molecule has 2 aromatic heterocycles. The highest BCUT2D eigenvalue weighted by atomic mass is 35.5. The molecule has 2 aliphatic heterocycles. The van der Waals surface area contributed by atoms with E-state index in [1.807, 2.05) is 80.6 Å². The SMILES string of the molecule is CC1(C)OB(c2ccc(Cl)nc2)OC1(C)C.CN.CNc1ccc(B2OC(C)(C)C(C)(C)O2)cn1. The second-order valence-corrected chi connectivity index (χ2v) is 10.7. The minimum absolute atomic E-state index is 0.306. The topological polar surface area (TPSA) is 101 Å². The average Bonchev–Trinajstić information content (AvgIpc) is 3.15. The molecule has 2 aromatic rings. The zero-order chi connectivity index (χ0) is 26.7. The van der Waals surface area contributed by atoms with Crippen LogP contribution in [0, 0.1) is 0 Å². The van der Waals surface area contributed by atoms with Crippen molar-refractivity contribution in [3.8, 4) is 0 Å². The lowest BCUT2D eigenvalue weighted by Crippen LogP contribution is -2.41. The van der Waals surface area contributed by atoms with Crippen LogP contribution in [0.5, 0.6) is 0 Å². The van der Waals surface area contributed by atoms with Gasteiger partial charge < -0.3 is 29.7 Å². The third-order valence-electron chi connectivity index (χ3n) is 6.84. The quantitative estimate of drug-likeness (QED) is 0.486. The normalized spacial score (nSPS) is 20.9. The van der Waals surface area contributed by atoms with Crippen LogP contribution in [0.2, 0.25) is 5.15 Å². The molecule has 0 atom stereocenters. The van der Waals surface area contributed by atoms with Crippen LogP contribution in [0.3, 0.4) is 0 Å². The number of halogens is 1. The highest BCUT2D eigenvalue weighted by Gasteiger charge is 2.52. The van der Waals surface area contributed by atoms with Crippen LogP contribution in [0.1, 0.15) is 55.4 Å². The first kappa shape index (κ1) is 29.5. The van der Waals surface area contributed by atoms with Gasteiger partial charge in [-0.05, 0) is 74.6 Å². The fourth-order valence-electron chi connectivity index (χ4n) is 3.18. The Kier molecular flexibility index (Phi) is 9.41. The molecule has 35 heavy (non-hydrogen) atoms. The predicted octanol–water partition coefficient (Wildman–Crippen LogP) is 3.03. The van der Waals surface area contributed by atoms with Crippen molar-refractivity contribution in [2.75, 3.05) is 19.4 Å². The van der Waals surface area contributed by atoms with Gasteiger partial charge in [-0.15, -0.1) is 0 Å². The lowest BCUT2D eigenvalue weighted by molar-refractivity contribution is 0.00578. The van der Waals surface area contributed by atoms with E-state index in [1.54, 1.807) is 18.5 Å². The van der Waals surface area contributed by atoms with Gasteiger partial charge in [-0.2, -0.15) is 0 Å². The second kappa shape index (κ2) is 11.2. The number of rotatable bonds is 3. The second-order valence-electron chi connectivity index (χ2n) is 10.3. The Labute approximate surface area is 215 Å². The lowest BCUT2D eigenvalue weighted by atomic mass is 9.80. The first-order valence-corrected chi connectivity index (χ1v) is 12.1. The fourth-order valence-corrected chi connectivity index (χ4v) is 3.29. The molecular weight excluding hydrogens is 465 g/mol. The van der Waals surface area contributed by atoms with E-state index in [9.17, 15) is 0 Å². The molecule has 11 heteroatoms. The van der Waals surface area contributed by atoms with E-state index in [1.165, 1.54) is 7.05 Å². The Morgan fingerprint density at radius 3 is 1.34 bits per heavy atom. The van der Waals surface area contributed by atoms with Crippen molar-refractivity contribution in [2.45, 2.75) is 77.8 Å². The smallest absolute Gasteiger partial charge is 0.399 e. The van der Waals surface area contributed by atoms with Crippen molar-refractivity contribution in [1.29, 1.82) is 0 Å². The van der Waals surface area contributed by atoms with Crippen LogP contribution in [0.25, 0.3) is 0 Å². The van der Waals surface area contributed by atoms with Crippen LogP contribution in [0.4, 0.5) is 5.82 Å². The van der Waals surface area contributed by atoms with Crippen LogP contribution in [0.15, 0.2) is 36.7 Å². The van der Waals surface area contributed by atoms with Gasteiger partial charge in [0.25, 0.3) is 0 Å². The molecule has 0 saturated carbocycles. The largest absolute Gasteiger partial charge is 0.496 e. The van der Waals surface area contributed by atoms with Crippen molar-refractivity contribution in [3.63, 3.8) is 0 Å². The number of nitrogens with one attached hydrogen (secondary N) is 1. The predicted molar refractivity (Wildman–Crippen MR) is 145 cm³/mol. The van der Waals surface area contributed by atoms with Crippen LogP contribution in [-0.2, 0) is 18.6 Å². The molecule has 2 aliphatic rings. The molecule has 0 bridgehead atoms. The van der Waals surface area contributed by atoms with Gasteiger partial charge in [0.2, 0.25) is 0 Å². The zero-order valence-electron chi connectivity index (χ0n) is 22.6. The lowest BCUT2D eigenvalue weighted by Gasteiger charge is -2.32. The molecule has 0 aromatic carbocycles. The van der Waals surface area contributed by atoms with E-state index in [-0.39, 0.29) is 36.6 Å². The number of hydrogen-bond donors (Lipinski definition) is 2. The molecule has 0 aliphatic carbocycles. The van der Waals surface area contributed by atoms with E-state index in [2.05, 4.69) is 21.0 Å². The van der Waals surface area contributed by atoms with Crippen molar-refractivity contribution in [3.05, 3.63) is 41.8 Å². The molecular formula is C24H39B2ClN4O4. The maximum atomic E-state index is 5.94. The number of anilines is 1. The highest BCUT2D eigenvalue weighted by Crippen LogP contribution is 2.37. The van der Waals surface area contributed by atoms with Gasteiger partial charge in [0.15, 0.2) is 0 Å². The minimum Gasteiger partial charge on any atom is -0.399 e. The van der Waals surface area contributed by atoms with Crippen molar-refractivity contribution in [2.24, 2.45) is 5.73 Å². The van der Waals surface area contributed by atoms with E-state index in [0.29, 0.717) is 5.15 Å². The number of nitrogens with zero attached hydrogens (tertiary/aromatic N) is 2. The van der Waals surface area contributed by atoms with Gasteiger partial charge in [0.1, 0.15) is 11.0 Å². The standard InChI is InChI=1S/C12H19BN2O2.C11H15BClNO2.CH5N/c1-11(2)12(3,4)17-13(16-11)9-6-7-10(14-5)15-8-9;1-10(2)11(3,4)16-12(15-10)8-5-6-9(13)14-7-8;1-2/h6-8H,1-5H3,(H,14,15);5-7H,1-4H3;2H2,1H3. The number of aromatic nitrogens is 2. The van der Waals surface area contributed by atoms with Gasteiger partial charge >= 0.3 is 14.2 Å². The molecule has 0 spiro atoms. The number of hydrogen-bond acceptors (Lipinski definition) is 8. The molecule has 192 valence electrons. The van der Waals surface area contributed by atoms with Crippen LogP contribution >= 0.6 is 11.6 Å². The summed E-state index contributed by atoms with van der Waals surface area (Å²) in [5.41, 5.74) is 5.08. The molecule has 2 saturated heterocycles. The third-order valence-corrected chi connectivity index (χ3v) is 7.07. The Bertz CT molecular complexity index is 925. The summed E-state index contributed by atoms with van der Waals surface area (Å²) in [5.74, 6) is 0.838. The van der Waals surface area contributed by atoms with Gasteiger partial charge in [-0.1, -0.05) is 23.7 Å². The fraction of sp³-hybridized carbons (Fsp3) is 0.583. The minimum atomic E-state index is -0.366. The molecule has 0 radical (unpaired) electrons. The van der Waals surface area contributed by atoms with Crippen molar-refractivity contribution < 1.29 is 18.6 Å². The van der Waals surface area contributed by atoms with Gasteiger partial charge in [0.05, 0.1) is 22.4 Å². The Morgan fingerprint density at radius 2 is 1.06 bits per heavy atom. The molecule has 3 N–H and O–H groups in total. The maximum Gasteiger partial charge on any atom is 0.496 e. The van der Waals surface area contributed by atoms with Gasteiger partial charge in [-0.3, -0.25) is 0 Å². The van der Waals surface area contributed by atoms with Gasteiger partial charge in [0, 0.05) is 30.4 Å². The Balaban J connectivity index is 0.000000231. The van der Waals surface area contributed by atoms with E-state index in [4.69, 9.17) is 30.2 Å². The summed E-state index contributed by atoms with van der Waals surface area (Å²) in [4.78, 5) is 8.29. The molecule has 0 unspecified atom stereocenters. The summed E-state index contributed by atoms with van der Waals surface area (Å²) in [6.07, 6.45) is 3.47. The number of pyridine rings is 2. The number of nitrogens with two attached hydrogens (primary N) is 1. The first-order valence-electron chi connectivity index (χ1n) is 11.7. The monoisotopic (exact) mass is 504 g/mol. The summed E-state index contributed by atoms with van der Waals surface area (Å²) in [6.45, 7) is 16.3. The summed E-state index contributed by atoms with van der Waals surface area (Å²) in [5, 5.41) is 3.46. The van der Waals surface area contributed by atoms with E-state index < -0.39 is 0 Å². The summed E-state index contributed by atoms with van der Waals surface area (Å²) >= 11 is 5.74. The molecule has 0 amide bonds. The molecule has 4 rings (SSSR count). The van der Waals surface area contributed by atoms with Crippen LogP contribution < -0.4 is 22.0 Å². The Morgan fingerprint density at radius 1 is 0.686 bits per heavy atom. The van der Waals surface area contributed by atoms with Crippen molar-refractivity contribution >= 4 is 42.6 Å².